The molecule has 0 fully saturated rings. The molecule has 2 aromatic rings. The van der Waals surface area contributed by atoms with Crippen molar-refractivity contribution in [2.24, 2.45) is 0 Å². The van der Waals surface area contributed by atoms with E-state index in [-0.39, 0.29) is 5.54 Å². The molecule has 7 heteroatoms. The first-order valence-corrected chi connectivity index (χ1v) is 6.67. The molecule has 18 heavy (non-hydrogen) atoms. The van der Waals surface area contributed by atoms with Crippen molar-refractivity contribution in [3.8, 4) is 0 Å². The van der Waals surface area contributed by atoms with Crippen LogP contribution in [0.15, 0.2) is 17.8 Å². The van der Waals surface area contributed by atoms with Gasteiger partial charge in [-0.25, -0.2) is 9.97 Å². The summed E-state index contributed by atoms with van der Waals surface area (Å²) in [7, 11) is 1.76. The van der Waals surface area contributed by atoms with Crippen LogP contribution in [0.4, 0.5) is 11.8 Å². The Hall–Kier alpha value is -1.40. The molecule has 0 atom stereocenters. The number of nitrogens with one attached hydrogen (secondary N) is 2. The van der Waals surface area contributed by atoms with Crippen molar-refractivity contribution in [1.82, 2.24) is 15.0 Å². The topological polar surface area (TPSA) is 62.7 Å². The third kappa shape index (κ3) is 2.70. The maximum absolute atomic E-state index is 6.09. The zero-order valence-electron chi connectivity index (χ0n) is 10.4. The van der Waals surface area contributed by atoms with Crippen LogP contribution in [0.25, 0.3) is 0 Å². The highest BCUT2D eigenvalue weighted by Gasteiger charge is 2.24. The smallest absolute Gasteiger partial charge is 0.224 e. The highest BCUT2D eigenvalue weighted by Crippen LogP contribution is 2.29. The van der Waals surface area contributed by atoms with Crippen LogP contribution in [0.5, 0.6) is 0 Å². The zero-order valence-corrected chi connectivity index (χ0v) is 11.9. The molecule has 0 aliphatic rings. The number of nitrogens with zero attached hydrogens (tertiary/aromatic N) is 3. The Morgan fingerprint density at radius 3 is 2.72 bits per heavy atom. The minimum absolute atomic E-state index is 0.336. The standard InChI is InChI=1S/C11H14ClN5S/c1-11(2,9-14-4-5-18-9)17-8-7(12)6-15-10(13-3)16-8/h4-6H,1-3H3,(H2,13,15,16,17). The number of aromatic nitrogens is 3. The minimum Gasteiger partial charge on any atom is -0.357 e. The van der Waals surface area contributed by atoms with Crippen LogP contribution in [0.2, 0.25) is 5.02 Å². The molecule has 0 bridgehead atoms. The van der Waals surface area contributed by atoms with Crippen LogP contribution in [-0.2, 0) is 5.54 Å². The van der Waals surface area contributed by atoms with Crippen LogP contribution < -0.4 is 10.6 Å². The van der Waals surface area contributed by atoms with Crippen molar-refractivity contribution in [2.75, 3.05) is 17.7 Å². The molecule has 96 valence electrons. The maximum Gasteiger partial charge on any atom is 0.224 e. The van der Waals surface area contributed by atoms with E-state index in [9.17, 15) is 0 Å². The van der Waals surface area contributed by atoms with E-state index in [2.05, 4.69) is 25.6 Å². The maximum atomic E-state index is 6.09. The average molecular weight is 284 g/mol. The first-order valence-electron chi connectivity index (χ1n) is 5.41. The lowest BCUT2D eigenvalue weighted by Gasteiger charge is -2.25. The number of hydrogen-bond donors (Lipinski definition) is 2. The normalized spacial score (nSPS) is 11.3. The quantitative estimate of drug-likeness (QED) is 0.903. The lowest BCUT2D eigenvalue weighted by molar-refractivity contribution is 0.601. The minimum atomic E-state index is -0.336. The molecule has 0 aliphatic heterocycles. The van der Waals surface area contributed by atoms with E-state index >= 15 is 0 Å². The van der Waals surface area contributed by atoms with E-state index in [1.165, 1.54) is 0 Å². The monoisotopic (exact) mass is 283 g/mol. The first kappa shape index (κ1) is 13.0. The van der Waals surface area contributed by atoms with Crippen molar-refractivity contribution in [2.45, 2.75) is 19.4 Å². The molecule has 0 spiro atoms. The van der Waals surface area contributed by atoms with Crippen molar-refractivity contribution in [1.29, 1.82) is 0 Å². The van der Waals surface area contributed by atoms with E-state index in [0.717, 1.165) is 5.01 Å². The van der Waals surface area contributed by atoms with E-state index in [4.69, 9.17) is 11.6 Å². The summed E-state index contributed by atoms with van der Waals surface area (Å²) in [6.45, 7) is 4.06. The second-order valence-electron chi connectivity index (χ2n) is 4.23. The molecule has 5 nitrogen and oxygen atoms in total. The van der Waals surface area contributed by atoms with Gasteiger partial charge in [0.1, 0.15) is 10.0 Å². The van der Waals surface area contributed by atoms with Crippen LogP contribution >= 0.6 is 22.9 Å². The summed E-state index contributed by atoms with van der Waals surface area (Å²) in [6.07, 6.45) is 3.35. The van der Waals surface area contributed by atoms with Crippen LogP contribution in [0.1, 0.15) is 18.9 Å². The number of thiazole rings is 1. The molecule has 2 aromatic heterocycles. The zero-order chi connectivity index (χ0) is 13.2. The van der Waals surface area contributed by atoms with Gasteiger partial charge in [-0.1, -0.05) is 11.6 Å². The Labute approximate surface area is 115 Å². The van der Waals surface area contributed by atoms with Gasteiger partial charge in [0.05, 0.1) is 11.7 Å². The van der Waals surface area contributed by atoms with Gasteiger partial charge in [0.2, 0.25) is 5.95 Å². The highest BCUT2D eigenvalue weighted by molar-refractivity contribution is 7.09. The SMILES string of the molecule is CNc1ncc(Cl)c(NC(C)(C)c2nccs2)n1. The lowest BCUT2D eigenvalue weighted by Crippen LogP contribution is -2.28. The summed E-state index contributed by atoms with van der Waals surface area (Å²) in [6, 6.07) is 0. The Morgan fingerprint density at radius 1 is 1.33 bits per heavy atom. The van der Waals surface area contributed by atoms with E-state index in [1.54, 1.807) is 30.8 Å². The number of hydrogen-bond acceptors (Lipinski definition) is 6. The van der Waals surface area contributed by atoms with Crippen molar-refractivity contribution in [3.63, 3.8) is 0 Å². The third-order valence-electron chi connectivity index (χ3n) is 2.37. The summed E-state index contributed by atoms with van der Waals surface area (Å²) in [5, 5.41) is 9.57. The van der Waals surface area contributed by atoms with Gasteiger partial charge < -0.3 is 10.6 Å². The molecule has 2 N–H and O–H groups in total. The second kappa shape index (κ2) is 5.07. The number of halogens is 1. The Bertz CT molecular complexity index is 526. The Kier molecular flexibility index (Phi) is 3.68. The molecule has 0 aromatic carbocycles. The van der Waals surface area contributed by atoms with Gasteiger partial charge in [-0.05, 0) is 13.8 Å². The van der Waals surface area contributed by atoms with E-state index < -0.39 is 0 Å². The molecule has 2 rings (SSSR count). The summed E-state index contributed by atoms with van der Waals surface area (Å²) in [5.74, 6) is 1.12. The molecule has 0 aliphatic carbocycles. The van der Waals surface area contributed by atoms with Crippen LogP contribution in [0, 0.1) is 0 Å². The fraction of sp³-hybridized carbons (Fsp3) is 0.364. The first-order chi connectivity index (χ1) is 8.53. The number of rotatable bonds is 4. The van der Waals surface area contributed by atoms with Gasteiger partial charge in [-0.2, -0.15) is 4.98 Å². The molecular weight excluding hydrogens is 270 g/mol. The van der Waals surface area contributed by atoms with Gasteiger partial charge in [0.25, 0.3) is 0 Å². The third-order valence-corrected chi connectivity index (χ3v) is 3.74. The van der Waals surface area contributed by atoms with Gasteiger partial charge >= 0.3 is 0 Å². The summed E-state index contributed by atoms with van der Waals surface area (Å²) in [5.41, 5.74) is -0.336. The number of anilines is 2. The van der Waals surface area contributed by atoms with E-state index in [1.807, 2.05) is 19.2 Å². The molecule has 0 radical (unpaired) electrons. The molecular formula is C11H14ClN5S. The van der Waals surface area contributed by atoms with Gasteiger partial charge in [0.15, 0.2) is 5.82 Å². The lowest BCUT2D eigenvalue weighted by atomic mass is 10.1. The summed E-state index contributed by atoms with van der Waals surface area (Å²) >= 11 is 7.68. The Balaban J connectivity index is 2.28. The van der Waals surface area contributed by atoms with Gasteiger partial charge in [0, 0.05) is 18.6 Å². The van der Waals surface area contributed by atoms with Crippen molar-refractivity contribution < 1.29 is 0 Å². The van der Waals surface area contributed by atoms with Crippen LogP contribution in [0.3, 0.4) is 0 Å². The fourth-order valence-corrected chi connectivity index (χ4v) is 2.31. The van der Waals surface area contributed by atoms with Crippen LogP contribution in [-0.4, -0.2) is 22.0 Å². The largest absolute Gasteiger partial charge is 0.357 e. The molecule has 0 saturated heterocycles. The predicted octanol–water partition coefficient (Wildman–Crippen LogP) is 2.98. The van der Waals surface area contributed by atoms with E-state index in [0.29, 0.717) is 16.8 Å². The fourth-order valence-electron chi connectivity index (χ4n) is 1.46. The van der Waals surface area contributed by atoms with Gasteiger partial charge in [-0.3, -0.25) is 0 Å². The average Bonchev–Trinajstić information content (AvgIpc) is 2.86. The molecule has 2 heterocycles. The van der Waals surface area contributed by atoms with Gasteiger partial charge in [-0.15, -0.1) is 11.3 Å². The summed E-state index contributed by atoms with van der Waals surface area (Å²) < 4.78 is 0. The Morgan fingerprint density at radius 2 is 2.11 bits per heavy atom. The van der Waals surface area contributed by atoms with Crippen molar-refractivity contribution in [3.05, 3.63) is 27.8 Å². The predicted molar refractivity (Wildman–Crippen MR) is 75.4 cm³/mol. The molecule has 0 unspecified atom stereocenters. The second-order valence-corrected chi connectivity index (χ2v) is 5.53. The summed E-state index contributed by atoms with van der Waals surface area (Å²) in [4.78, 5) is 12.7. The van der Waals surface area contributed by atoms with Crippen molar-refractivity contribution >= 4 is 34.7 Å². The highest BCUT2D eigenvalue weighted by atomic mass is 35.5. The molecule has 0 saturated carbocycles. The molecule has 0 amide bonds.